The molecule has 40 heavy (non-hydrogen) atoms. The summed E-state index contributed by atoms with van der Waals surface area (Å²) in [6.45, 7) is 6.93. The standard InChI is InChI=1S/C26H29ClF2N6O4S/c1-24(2,3)38-23(36)33-22-25(4,5)40(37,30-6)14-26(13-28,34-22)17-9-15(7-8-18(17)29)20-10-19(35-39-20)21-31-11-16(27)12-32-21/h7-12H,13-14H2,1-6H3,(H,33,34,36)/t26-,40+/m0/s1. The Labute approximate surface area is 235 Å². The van der Waals surface area contributed by atoms with Crippen LogP contribution in [-0.4, -0.2) is 61.1 Å². The minimum atomic E-state index is -3.29. The Morgan fingerprint density at radius 1 is 1.25 bits per heavy atom. The van der Waals surface area contributed by atoms with Gasteiger partial charge in [-0.2, -0.15) is 0 Å². The third-order valence-electron chi connectivity index (χ3n) is 6.38. The quantitative estimate of drug-likeness (QED) is 0.417. The highest BCUT2D eigenvalue weighted by molar-refractivity contribution is 7.95. The molecule has 0 radical (unpaired) electrons. The lowest BCUT2D eigenvalue weighted by molar-refractivity contribution is 0.0560. The minimum absolute atomic E-state index is 0.132. The SMILES string of the molecule is CN=[S@@]1(=O)C[C@@](CF)(c2cc(-c3cc(-c4ncc(Cl)cn4)no3)ccc2F)N=C(NC(=O)OC(C)(C)C)C1(C)C. The summed E-state index contributed by atoms with van der Waals surface area (Å²) in [4.78, 5) is 25.3. The Balaban J connectivity index is 1.82. The number of halogens is 3. The molecule has 214 valence electrons. The summed E-state index contributed by atoms with van der Waals surface area (Å²) in [6.07, 6.45) is 1.93. The van der Waals surface area contributed by atoms with Crippen LogP contribution in [0, 0.1) is 5.82 Å². The third kappa shape index (κ3) is 5.57. The molecule has 0 saturated carbocycles. The van der Waals surface area contributed by atoms with E-state index in [2.05, 4.69) is 29.8 Å². The molecule has 1 amide bonds. The first kappa shape index (κ1) is 29.5. The number of ether oxygens (including phenoxy) is 1. The summed E-state index contributed by atoms with van der Waals surface area (Å²) in [5.74, 6) is -0.881. The number of amidine groups is 1. The second-order valence-corrected chi connectivity index (χ2v) is 14.1. The number of benzene rings is 1. The van der Waals surface area contributed by atoms with Crippen LogP contribution in [-0.2, 0) is 20.0 Å². The van der Waals surface area contributed by atoms with E-state index in [4.69, 9.17) is 20.9 Å². The molecule has 4 rings (SSSR count). The zero-order chi connectivity index (χ0) is 29.5. The highest BCUT2D eigenvalue weighted by Gasteiger charge is 2.51. The maximum absolute atomic E-state index is 15.4. The Morgan fingerprint density at radius 2 is 1.93 bits per heavy atom. The molecule has 0 fully saturated rings. The van der Waals surface area contributed by atoms with Crippen LogP contribution >= 0.6 is 11.6 Å². The topological polar surface area (TPSA) is 132 Å². The molecular formula is C26H29ClF2N6O4S. The van der Waals surface area contributed by atoms with Gasteiger partial charge in [-0.15, -0.1) is 0 Å². The number of alkyl halides is 1. The average Bonchev–Trinajstić information content (AvgIpc) is 3.37. The molecule has 0 unspecified atom stereocenters. The van der Waals surface area contributed by atoms with Gasteiger partial charge >= 0.3 is 6.09 Å². The number of alkyl carbamates (subject to hydrolysis) is 1. The molecule has 14 heteroatoms. The number of nitrogens with zero attached hydrogens (tertiary/aromatic N) is 5. The lowest BCUT2D eigenvalue weighted by Crippen LogP contribution is -2.59. The molecule has 1 aliphatic heterocycles. The molecule has 0 saturated heterocycles. The number of amides is 1. The first-order valence-electron chi connectivity index (χ1n) is 12.2. The second kappa shape index (κ2) is 10.5. The van der Waals surface area contributed by atoms with E-state index in [0.29, 0.717) is 16.3 Å². The normalized spacial score (nSPS) is 22.4. The van der Waals surface area contributed by atoms with Gasteiger partial charge in [0.25, 0.3) is 0 Å². The Kier molecular flexibility index (Phi) is 7.76. The van der Waals surface area contributed by atoms with Crippen LogP contribution in [0.1, 0.15) is 40.2 Å². The van der Waals surface area contributed by atoms with E-state index in [1.165, 1.54) is 37.6 Å². The fraction of sp³-hybridized carbons (Fsp3) is 0.423. The van der Waals surface area contributed by atoms with E-state index < -0.39 is 50.0 Å². The molecular weight excluding hydrogens is 566 g/mol. The van der Waals surface area contributed by atoms with Crippen LogP contribution in [0.3, 0.4) is 0 Å². The van der Waals surface area contributed by atoms with E-state index in [9.17, 15) is 9.00 Å². The molecule has 2 aromatic heterocycles. The van der Waals surface area contributed by atoms with Gasteiger partial charge in [-0.1, -0.05) is 16.8 Å². The number of carbonyl (C=O) groups is 1. The van der Waals surface area contributed by atoms with Crippen molar-refractivity contribution < 1.29 is 27.0 Å². The van der Waals surface area contributed by atoms with Gasteiger partial charge in [0.1, 0.15) is 34.2 Å². The van der Waals surface area contributed by atoms with E-state index in [1.807, 2.05) is 0 Å². The van der Waals surface area contributed by atoms with Crippen molar-refractivity contribution in [3.63, 3.8) is 0 Å². The summed E-state index contributed by atoms with van der Waals surface area (Å²) in [7, 11) is -1.95. The van der Waals surface area contributed by atoms with Crippen LogP contribution in [0.5, 0.6) is 0 Å². The summed E-state index contributed by atoms with van der Waals surface area (Å²) < 4.78 is 58.1. The number of aromatic nitrogens is 3. The van der Waals surface area contributed by atoms with Crippen LogP contribution in [0.2, 0.25) is 5.02 Å². The number of rotatable bonds is 4. The fourth-order valence-electron chi connectivity index (χ4n) is 4.18. The molecule has 1 aromatic carbocycles. The highest BCUT2D eigenvalue weighted by atomic mass is 35.5. The van der Waals surface area contributed by atoms with E-state index >= 15 is 8.78 Å². The maximum atomic E-state index is 15.4. The van der Waals surface area contributed by atoms with E-state index in [1.54, 1.807) is 34.6 Å². The van der Waals surface area contributed by atoms with Crippen molar-refractivity contribution in [1.29, 1.82) is 0 Å². The predicted molar refractivity (Wildman–Crippen MR) is 148 cm³/mol. The first-order valence-corrected chi connectivity index (χ1v) is 14.2. The van der Waals surface area contributed by atoms with Crippen LogP contribution in [0.25, 0.3) is 22.8 Å². The molecule has 2 atom stereocenters. The zero-order valence-corrected chi connectivity index (χ0v) is 24.4. The predicted octanol–water partition coefficient (Wildman–Crippen LogP) is 5.57. The van der Waals surface area contributed by atoms with E-state index in [-0.39, 0.29) is 23.0 Å². The van der Waals surface area contributed by atoms with Gasteiger partial charge in [0.05, 0.1) is 20.5 Å². The van der Waals surface area contributed by atoms with Crippen LogP contribution in [0.4, 0.5) is 13.6 Å². The van der Waals surface area contributed by atoms with E-state index in [0.717, 1.165) is 6.07 Å². The smallest absolute Gasteiger partial charge is 0.413 e. The average molecular weight is 595 g/mol. The zero-order valence-electron chi connectivity index (χ0n) is 22.8. The minimum Gasteiger partial charge on any atom is -0.444 e. The lowest BCUT2D eigenvalue weighted by Gasteiger charge is -2.42. The maximum Gasteiger partial charge on any atom is 0.413 e. The molecule has 3 heterocycles. The number of carbonyl (C=O) groups excluding carboxylic acids is 1. The Morgan fingerprint density at radius 3 is 2.52 bits per heavy atom. The Hall–Kier alpha value is -3.45. The van der Waals surface area contributed by atoms with Crippen molar-refractivity contribution in [2.24, 2.45) is 9.36 Å². The number of aliphatic imine (C=N–C) groups is 1. The van der Waals surface area contributed by atoms with Crippen molar-refractivity contribution >= 4 is 33.3 Å². The van der Waals surface area contributed by atoms with Crippen molar-refractivity contribution in [3.8, 4) is 22.8 Å². The number of hydrogen-bond donors (Lipinski definition) is 1. The van der Waals surface area contributed by atoms with Crippen LogP contribution < -0.4 is 5.32 Å². The van der Waals surface area contributed by atoms with Crippen molar-refractivity contribution in [2.45, 2.75) is 50.5 Å². The first-order chi connectivity index (χ1) is 18.6. The summed E-state index contributed by atoms with van der Waals surface area (Å²) in [6, 6.07) is 5.44. The second-order valence-electron chi connectivity index (χ2n) is 10.7. The van der Waals surface area contributed by atoms with Gasteiger partial charge in [-0.3, -0.25) is 10.3 Å². The van der Waals surface area contributed by atoms with Crippen molar-refractivity contribution in [3.05, 3.63) is 53.1 Å². The molecule has 3 aromatic rings. The largest absolute Gasteiger partial charge is 0.444 e. The number of nitrogens with one attached hydrogen (secondary N) is 1. The van der Waals surface area contributed by atoms with Crippen LogP contribution in [0.15, 0.2) is 50.5 Å². The van der Waals surface area contributed by atoms with Gasteiger partial charge in [-0.05, 0) is 52.8 Å². The monoisotopic (exact) mass is 594 g/mol. The van der Waals surface area contributed by atoms with Gasteiger partial charge in [0.2, 0.25) is 0 Å². The molecule has 0 aliphatic carbocycles. The summed E-state index contributed by atoms with van der Waals surface area (Å²) in [5, 5.41) is 6.82. The van der Waals surface area contributed by atoms with Crippen molar-refractivity contribution in [2.75, 3.05) is 19.5 Å². The van der Waals surface area contributed by atoms with Gasteiger partial charge < -0.3 is 9.26 Å². The highest BCUT2D eigenvalue weighted by Crippen LogP contribution is 2.41. The molecule has 0 bridgehead atoms. The summed E-state index contributed by atoms with van der Waals surface area (Å²) in [5.41, 5.74) is -2.36. The fourth-order valence-corrected chi connectivity index (χ4v) is 6.57. The lowest BCUT2D eigenvalue weighted by atomic mass is 9.90. The molecule has 10 nitrogen and oxygen atoms in total. The third-order valence-corrected chi connectivity index (χ3v) is 9.82. The number of hydrogen-bond acceptors (Lipinski definition) is 9. The van der Waals surface area contributed by atoms with Gasteiger partial charge in [0, 0.05) is 36.6 Å². The van der Waals surface area contributed by atoms with Gasteiger partial charge in [0.15, 0.2) is 17.3 Å². The van der Waals surface area contributed by atoms with Crippen molar-refractivity contribution in [1.82, 2.24) is 20.4 Å². The molecule has 1 aliphatic rings. The van der Waals surface area contributed by atoms with Gasteiger partial charge in [-0.25, -0.2) is 32.1 Å². The molecule has 1 N–H and O–H groups in total. The Bertz CT molecular complexity index is 1590. The summed E-state index contributed by atoms with van der Waals surface area (Å²) >= 11 is 5.84. The molecule has 0 spiro atoms.